The predicted molar refractivity (Wildman–Crippen MR) is 93.0 cm³/mol. The number of likely N-dealkylation sites (tertiary alicyclic amines) is 1. The first-order chi connectivity index (χ1) is 11.6. The molecule has 126 valence electrons. The third kappa shape index (κ3) is 5.71. The Morgan fingerprint density at radius 1 is 1.38 bits per heavy atom. The topological polar surface area (TPSA) is 73.2 Å². The number of hydrogen-bond donors (Lipinski definition) is 1. The molecule has 1 fully saturated rings. The van der Waals surface area contributed by atoms with Crippen LogP contribution >= 0.6 is 11.6 Å². The fourth-order valence-corrected chi connectivity index (χ4v) is 2.83. The van der Waals surface area contributed by atoms with Crippen LogP contribution in [-0.2, 0) is 9.59 Å². The summed E-state index contributed by atoms with van der Waals surface area (Å²) in [5.74, 6) is 0.107. The van der Waals surface area contributed by atoms with Crippen LogP contribution in [0.25, 0.3) is 6.08 Å². The Morgan fingerprint density at radius 2 is 2.12 bits per heavy atom. The highest BCUT2D eigenvalue weighted by Crippen LogP contribution is 2.17. The van der Waals surface area contributed by atoms with Crippen LogP contribution in [-0.4, -0.2) is 36.3 Å². The molecule has 1 N–H and O–H groups in total. The van der Waals surface area contributed by atoms with Crippen molar-refractivity contribution in [2.24, 2.45) is 5.92 Å². The van der Waals surface area contributed by atoms with Gasteiger partial charge in [-0.15, -0.1) is 0 Å². The quantitative estimate of drug-likeness (QED) is 0.834. The third-order valence-corrected chi connectivity index (χ3v) is 4.26. The highest BCUT2D eigenvalue weighted by molar-refractivity contribution is 6.30. The van der Waals surface area contributed by atoms with Crippen LogP contribution in [0.4, 0.5) is 0 Å². The van der Waals surface area contributed by atoms with Gasteiger partial charge in [-0.25, -0.2) is 0 Å². The molecule has 1 saturated heterocycles. The Kier molecular flexibility index (Phi) is 6.83. The molecule has 0 atom stereocenters. The average molecular weight is 346 g/mol. The minimum atomic E-state index is -0.236. The fourth-order valence-electron chi connectivity index (χ4n) is 2.63. The number of rotatable bonds is 5. The maximum atomic E-state index is 12.2. The molecule has 2 amide bonds. The molecule has 1 aromatic rings. The van der Waals surface area contributed by atoms with Crippen LogP contribution in [0.1, 0.15) is 24.8 Å². The molecule has 1 aliphatic heterocycles. The summed E-state index contributed by atoms with van der Waals surface area (Å²) in [5, 5.41) is 11.8. The molecule has 1 aliphatic rings. The molecule has 1 heterocycles. The van der Waals surface area contributed by atoms with Gasteiger partial charge in [0.1, 0.15) is 6.42 Å². The summed E-state index contributed by atoms with van der Waals surface area (Å²) in [6, 6.07) is 9.17. The van der Waals surface area contributed by atoms with Gasteiger partial charge in [-0.1, -0.05) is 23.7 Å². The van der Waals surface area contributed by atoms with Crippen molar-refractivity contribution >= 4 is 29.5 Å². The lowest BCUT2D eigenvalue weighted by Gasteiger charge is -2.31. The molecule has 0 aromatic heterocycles. The van der Waals surface area contributed by atoms with Crippen molar-refractivity contribution in [3.63, 3.8) is 0 Å². The minimum absolute atomic E-state index is 0.0121. The van der Waals surface area contributed by atoms with Crippen LogP contribution in [0.15, 0.2) is 30.3 Å². The van der Waals surface area contributed by atoms with Gasteiger partial charge < -0.3 is 10.2 Å². The summed E-state index contributed by atoms with van der Waals surface area (Å²) in [5.41, 5.74) is 0.894. The van der Waals surface area contributed by atoms with Gasteiger partial charge in [0.05, 0.1) is 6.07 Å². The van der Waals surface area contributed by atoms with Gasteiger partial charge in [-0.3, -0.25) is 9.59 Å². The highest BCUT2D eigenvalue weighted by Gasteiger charge is 2.21. The van der Waals surface area contributed by atoms with Crippen molar-refractivity contribution in [2.75, 3.05) is 19.6 Å². The van der Waals surface area contributed by atoms with Gasteiger partial charge in [0.15, 0.2) is 0 Å². The Balaban J connectivity index is 1.76. The van der Waals surface area contributed by atoms with Crippen molar-refractivity contribution in [1.29, 1.82) is 5.26 Å². The number of carbonyl (C=O) groups is 2. The molecule has 24 heavy (non-hydrogen) atoms. The summed E-state index contributed by atoms with van der Waals surface area (Å²) in [6.07, 6.45) is 4.93. The smallest absolute Gasteiger partial charge is 0.246 e. The molecule has 2 rings (SSSR count). The van der Waals surface area contributed by atoms with E-state index in [1.807, 2.05) is 29.2 Å². The molecule has 0 saturated carbocycles. The van der Waals surface area contributed by atoms with E-state index in [-0.39, 0.29) is 18.2 Å². The first-order valence-electron chi connectivity index (χ1n) is 7.94. The molecule has 0 radical (unpaired) electrons. The number of nitrogens with zero attached hydrogens (tertiary/aromatic N) is 2. The molecule has 0 bridgehead atoms. The molecule has 5 nitrogen and oxygen atoms in total. The second-order valence-electron chi connectivity index (χ2n) is 5.80. The molecule has 0 unspecified atom stereocenters. The van der Waals surface area contributed by atoms with Gasteiger partial charge in [0.25, 0.3) is 0 Å². The zero-order valence-electron chi connectivity index (χ0n) is 13.4. The number of hydrogen-bond acceptors (Lipinski definition) is 3. The van der Waals surface area contributed by atoms with E-state index in [1.165, 1.54) is 0 Å². The number of amides is 2. The SMILES string of the molecule is N#CCC(=O)NCC1CCN(C(=O)/C=C/c2cccc(Cl)c2)CC1. The van der Waals surface area contributed by atoms with E-state index >= 15 is 0 Å². The number of halogens is 1. The number of piperidine rings is 1. The van der Waals surface area contributed by atoms with Crippen molar-refractivity contribution in [1.82, 2.24) is 10.2 Å². The average Bonchev–Trinajstić information content (AvgIpc) is 2.59. The molecule has 6 heteroatoms. The van der Waals surface area contributed by atoms with Crippen LogP contribution < -0.4 is 5.32 Å². The molecule has 1 aromatic carbocycles. The maximum absolute atomic E-state index is 12.2. The first kappa shape index (κ1) is 18.0. The summed E-state index contributed by atoms with van der Waals surface area (Å²) < 4.78 is 0. The van der Waals surface area contributed by atoms with Crippen LogP contribution in [0, 0.1) is 17.2 Å². The normalized spacial score (nSPS) is 15.2. The van der Waals surface area contributed by atoms with Gasteiger partial charge in [-0.05, 0) is 42.5 Å². The van der Waals surface area contributed by atoms with E-state index < -0.39 is 0 Å². The summed E-state index contributed by atoms with van der Waals surface area (Å²) >= 11 is 5.92. The minimum Gasteiger partial charge on any atom is -0.355 e. The van der Waals surface area contributed by atoms with E-state index in [0.717, 1.165) is 18.4 Å². The number of benzene rings is 1. The predicted octanol–water partition coefficient (Wildman–Crippen LogP) is 2.62. The second-order valence-corrected chi connectivity index (χ2v) is 6.23. The second kappa shape index (κ2) is 9.09. The lowest BCUT2D eigenvalue weighted by atomic mass is 9.96. The van der Waals surface area contributed by atoms with Gasteiger partial charge in [0.2, 0.25) is 11.8 Å². The van der Waals surface area contributed by atoms with Crippen molar-refractivity contribution in [2.45, 2.75) is 19.3 Å². The Labute approximate surface area is 146 Å². The number of carbonyl (C=O) groups excluding carboxylic acids is 2. The summed E-state index contributed by atoms with van der Waals surface area (Å²) in [7, 11) is 0. The highest BCUT2D eigenvalue weighted by atomic mass is 35.5. The van der Waals surface area contributed by atoms with E-state index in [1.54, 1.807) is 18.2 Å². The molecule has 0 aliphatic carbocycles. The maximum Gasteiger partial charge on any atom is 0.246 e. The lowest BCUT2D eigenvalue weighted by Crippen LogP contribution is -2.40. The third-order valence-electron chi connectivity index (χ3n) is 4.02. The Morgan fingerprint density at radius 3 is 2.79 bits per heavy atom. The van der Waals surface area contributed by atoms with Gasteiger partial charge >= 0.3 is 0 Å². The van der Waals surface area contributed by atoms with E-state index in [4.69, 9.17) is 16.9 Å². The van der Waals surface area contributed by atoms with E-state index in [9.17, 15) is 9.59 Å². The van der Waals surface area contributed by atoms with E-state index in [2.05, 4.69) is 5.32 Å². The molecular weight excluding hydrogens is 326 g/mol. The molecular formula is C18H20ClN3O2. The van der Waals surface area contributed by atoms with Crippen molar-refractivity contribution in [3.05, 3.63) is 40.9 Å². The van der Waals surface area contributed by atoms with Crippen molar-refractivity contribution < 1.29 is 9.59 Å². The largest absolute Gasteiger partial charge is 0.355 e. The van der Waals surface area contributed by atoms with Crippen molar-refractivity contribution in [3.8, 4) is 6.07 Å². The summed E-state index contributed by atoms with van der Waals surface area (Å²) in [6.45, 7) is 1.93. The van der Waals surface area contributed by atoms with Gasteiger partial charge in [-0.2, -0.15) is 5.26 Å². The fraction of sp³-hybridized carbons (Fsp3) is 0.389. The number of nitrogens with one attached hydrogen (secondary N) is 1. The first-order valence-corrected chi connectivity index (χ1v) is 8.32. The Bertz CT molecular complexity index is 658. The van der Waals surface area contributed by atoms with E-state index in [0.29, 0.717) is 30.6 Å². The zero-order valence-corrected chi connectivity index (χ0v) is 14.1. The van der Waals surface area contributed by atoms with Gasteiger partial charge in [0, 0.05) is 30.7 Å². The van der Waals surface area contributed by atoms with Crippen LogP contribution in [0.5, 0.6) is 0 Å². The van der Waals surface area contributed by atoms with Crippen LogP contribution in [0.3, 0.4) is 0 Å². The molecule has 0 spiro atoms. The zero-order chi connectivity index (χ0) is 17.4. The monoisotopic (exact) mass is 345 g/mol. The summed E-state index contributed by atoms with van der Waals surface area (Å²) in [4.78, 5) is 25.3. The number of nitriles is 1. The standard InChI is InChI=1S/C18H20ClN3O2/c19-16-3-1-2-14(12-16)4-5-18(24)22-10-7-15(8-11-22)13-21-17(23)6-9-20/h1-5,12,15H,6-8,10-11,13H2,(H,21,23)/b5-4+. The lowest BCUT2D eigenvalue weighted by molar-refractivity contribution is -0.127. The Hall–Kier alpha value is -2.32. The van der Waals surface area contributed by atoms with Crippen LogP contribution in [0.2, 0.25) is 5.02 Å².